The zero-order valence-corrected chi connectivity index (χ0v) is 13.3. The topological polar surface area (TPSA) is 63.0 Å². The number of nitrogens with zero attached hydrogens (tertiary/aromatic N) is 3. The smallest absolute Gasteiger partial charge is 0.128 e. The molecule has 5 heteroatoms. The Morgan fingerprint density at radius 1 is 1.17 bits per heavy atom. The summed E-state index contributed by atoms with van der Waals surface area (Å²) in [7, 11) is 2.02. The number of aliphatic hydroxyl groups excluding tert-OH is 1. The molecular weight excluding hydrogens is 288 g/mol. The van der Waals surface area contributed by atoms with E-state index in [-0.39, 0.29) is 0 Å². The highest BCUT2D eigenvalue weighted by Gasteiger charge is 2.29. The first kappa shape index (κ1) is 14.2. The Labute approximate surface area is 135 Å². The maximum absolute atomic E-state index is 10.0. The molecule has 1 unspecified atom stereocenters. The summed E-state index contributed by atoms with van der Waals surface area (Å²) in [6.07, 6.45) is 5.42. The minimum atomic E-state index is -0.497. The Bertz CT molecular complexity index is 867. The highest BCUT2D eigenvalue weighted by Crippen LogP contribution is 2.33. The normalized spacial score (nSPS) is 15.8. The van der Waals surface area contributed by atoms with Crippen molar-refractivity contribution in [3.05, 3.63) is 42.5 Å². The van der Waals surface area contributed by atoms with E-state index in [0.29, 0.717) is 5.92 Å². The van der Waals surface area contributed by atoms with Crippen LogP contribution in [0.25, 0.3) is 22.0 Å². The van der Waals surface area contributed by atoms with E-state index in [4.69, 9.17) is 0 Å². The Morgan fingerprint density at radius 2 is 2.00 bits per heavy atom. The predicted octanol–water partition coefficient (Wildman–Crippen LogP) is 3.08. The molecule has 0 spiro atoms. The largest absolute Gasteiger partial charge is 0.373 e. The number of hydrogen-bond acceptors (Lipinski definition) is 4. The van der Waals surface area contributed by atoms with Gasteiger partial charge in [-0.3, -0.25) is 0 Å². The van der Waals surface area contributed by atoms with Gasteiger partial charge >= 0.3 is 0 Å². The molecule has 0 amide bonds. The number of anilines is 1. The van der Waals surface area contributed by atoms with Gasteiger partial charge in [0.2, 0.25) is 0 Å². The third kappa shape index (κ3) is 2.68. The molecule has 0 saturated heterocycles. The second-order valence-electron chi connectivity index (χ2n) is 6.31. The van der Waals surface area contributed by atoms with Crippen LogP contribution >= 0.6 is 0 Å². The van der Waals surface area contributed by atoms with Crippen molar-refractivity contribution in [1.29, 1.82) is 0 Å². The predicted molar refractivity (Wildman–Crippen MR) is 91.0 cm³/mol. The van der Waals surface area contributed by atoms with Gasteiger partial charge in [0.1, 0.15) is 17.9 Å². The highest BCUT2D eigenvalue weighted by molar-refractivity contribution is 5.88. The quantitative estimate of drug-likeness (QED) is 0.727. The van der Waals surface area contributed by atoms with Gasteiger partial charge in [-0.1, -0.05) is 12.1 Å². The van der Waals surface area contributed by atoms with E-state index in [9.17, 15) is 5.11 Å². The molecule has 118 valence electrons. The number of aryl methyl sites for hydroxylation is 1. The number of aliphatic hydroxyl groups is 1. The van der Waals surface area contributed by atoms with E-state index >= 15 is 0 Å². The molecular formula is C18H20N4O. The molecule has 0 bridgehead atoms. The van der Waals surface area contributed by atoms with E-state index in [0.717, 1.165) is 46.5 Å². The average molecular weight is 308 g/mol. The summed E-state index contributed by atoms with van der Waals surface area (Å²) in [4.78, 5) is 8.75. The third-order valence-electron chi connectivity index (χ3n) is 4.60. The van der Waals surface area contributed by atoms with Crippen LogP contribution in [0.5, 0.6) is 0 Å². The lowest BCUT2D eigenvalue weighted by Crippen LogP contribution is -2.21. The summed E-state index contributed by atoms with van der Waals surface area (Å²) >= 11 is 0. The van der Waals surface area contributed by atoms with Gasteiger partial charge in [-0.2, -0.15) is 0 Å². The van der Waals surface area contributed by atoms with Crippen LogP contribution in [0.1, 0.15) is 18.7 Å². The second kappa shape index (κ2) is 5.35. The standard InChI is InChI=1S/C18H20N4O/c1-11-19-10-16(22(11)2)13-5-6-14-9-20-17(8-15(14)7-13)21-18(23)12-3-4-12/h5-10,12,18,23H,3-4H2,1-2H3,(H,20,21). The Hall–Kier alpha value is -2.40. The highest BCUT2D eigenvalue weighted by atomic mass is 16.3. The molecule has 4 rings (SSSR count). The maximum Gasteiger partial charge on any atom is 0.128 e. The summed E-state index contributed by atoms with van der Waals surface area (Å²) in [6, 6.07) is 8.30. The number of pyridine rings is 1. The first-order chi connectivity index (χ1) is 11.1. The molecule has 1 aliphatic carbocycles. The Balaban J connectivity index is 1.70. The van der Waals surface area contributed by atoms with E-state index in [1.165, 1.54) is 0 Å². The molecule has 5 nitrogen and oxygen atoms in total. The molecule has 1 saturated carbocycles. The molecule has 0 aliphatic heterocycles. The van der Waals surface area contributed by atoms with Gasteiger partial charge in [-0.05, 0) is 37.3 Å². The molecule has 23 heavy (non-hydrogen) atoms. The number of rotatable bonds is 4. The van der Waals surface area contributed by atoms with Crippen LogP contribution in [0.3, 0.4) is 0 Å². The van der Waals surface area contributed by atoms with Crippen molar-refractivity contribution in [3.8, 4) is 11.3 Å². The summed E-state index contributed by atoms with van der Waals surface area (Å²) in [6.45, 7) is 2.00. The monoisotopic (exact) mass is 308 g/mol. The average Bonchev–Trinajstić information content (AvgIpc) is 3.34. The molecule has 0 radical (unpaired) electrons. The summed E-state index contributed by atoms with van der Waals surface area (Å²) in [5.74, 6) is 2.08. The van der Waals surface area contributed by atoms with Crippen LogP contribution in [-0.4, -0.2) is 25.9 Å². The van der Waals surface area contributed by atoms with Crippen molar-refractivity contribution < 1.29 is 5.11 Å². The van der Waals surface area contributed by atoms with Crippen molar-refractivity contribution in [3.63, 3.8) is 0 Å². The van der Waals surface area contributed by atoms with Crippen LogP contribution in [0, 0.1) is 12.8 Å². The second-order valence-corrected chi connectivity index (χ2v) is 6.31. The van der Waals surface area contributed by atoms with Crippen molar-refractivity contribution in [2.24, 2.45) is 13.0 Å². The molecule has 1 fully saturated rings. The number of hydrogen-bond donors (Lipinski definition) is 2. The number of imidazole rings is 1. The Morgan fingerprint density at radius 3 is 2.70 bits per heavy atom. The van der Waals surface area contributed by atoms with E-state index in [1.54, 1.807) is 0 Å². The van der Waals surface area contributed by atoms with E-state index < -0.39 is 6.23 Å². The molecule has 2 heterocycles. The molecule has 1 atom stereocenters. The van der Waals surface area contributed by atoms with Crippen molar-refractivity contribution in [2.45, 2.75) is 26.0 Å². The number of fused-ring (bicyclic) bond motifs is 1. The van der Waals surface area contributed by atoms with Gasteiger partial charge in [0.05, 0.1) is 11.9 Å². The minimum absolute atomic E-state index is 0.372. The van der Waals surface area contributed by atoms with Gasteiger partial charge in [0, 0.05) is 30.1 Å². The molecule has 2 N–H and O–H groups in total. The lowest BCUT2D eigenvalue weighted by atomic mass is 10.1. The van der Waals surface area contributed by atoms with Crippen LogP contribution in [-0.2, 0) is 7.05 Å². The SMILES string of the molecule is Cc1ncc(-c2ccc3cnc(NC(O)C4CC4)cc3c2)n1C. The van der Waals surface area contributed by atoms with E-state index in [1.807, 2.05) is 32.4 Å². The minimum Gasteiger partial charge on any atom is -0.373 e. The zero-order valence-electron chi connectivity index (χ0n) is 13.3. The lowest BCUT2D eigenvalue weighted by Gasteiger charge is -2.13. The van der Waals surface area contributed by atoms with Crippen LogP contribution in [0.2, 0.25) is 0 Å². The van der Waals surface area contributed by atoms with Crippen LogP contribution in [0.4, 0.5) is 5.82 Å². The lowest BCUT2D eigenvalue weighted by molar-refractivity contribution is 0.179. The maximum atomic E-state index is 10.0. The van der Waals surface area contributed by atoms with Gasteiger partial charge < -0.3 is 15.0 Å². The summed E-state index contributed by atoms with van der Waals surface area (Å²) in [5.41, 5.74) is 2.22. The Kier molecular flexibility index (Phi) is 3.31. The fourth-order valence-electron chi connectivity index (χ4n) is 2.83. The molecule has 2 aromatic heterocycles. The molecule has 1 aromatic carbocycles. The zero-order chi connectivity index (χ0) is 16.0. The van der Waals surface area contributed by atoms with Gasteiger partial charge in [-0.15, -0.1) is 0 Å². The first-order valence-electron chi connectivity index (χ1n) is 7.95. The summed E-state index contributed by atoms with van der Waals surface area (Å²) < 4.78 is 2.08. The number of nitrogens with one attached hydrogen (secondary N) is 1. The molecule has 1 aliphatic rings. The third-order valence-corrected chi connectivity index (χ3v) is 4.60. The van der Waals surface area contributed by atoms with Gasteiger partial charge in [0.15, 0.2) is 0 Å². The van der Waals surface area contributed by atoms with Crippen molar-refractivity contribution in [1.82, 2.24) is 14.5 Å². The number of benzene rings is 1. The van der Waals surface area contributed by atoms with Crippen LogP contribution < -0.4 is 5.32 Å². The van der Waals surface area contributed by atoms with Gasteiger partial charge in [-0.25, -0.2) is 9.97 Å². The first-order valence-corrected chi connectivity index (χ1v) is 7.95. The van der Waals surface area contributed by atoms with E-state index in [2.05, 4.69) is 38.1 Å². The fraction of sp³-hybridized carbons (Fsp3) is 0.333. The fourth-order valence-corrected chi connectivity index (χ4v) is 2.83. The van der Waals surface area contributed by atoms with Crippen molar-refractivity contribution in [2.75, 3.05) is 5.32 Å². The van der Waals surface area contributed by atoms with Crippen LogP contribution in [0.15, 0.2) is 36.7 Å². The number of aromatic nitrogens is 3. The summed E-state index contributed by atoms with van der Waals surface area (Å²) in [5, 5.41) is 15.3. The van der Waals surface area contributed by atoms with Gasteiger partial charge in [0.25, 0.3) is 0 Å². The van der Waals surface area contributed by atoms with Crippen molar-refractivity contribution >= 4 is 16.6 Å². The molecule has 3 aromatic rings.